The SMILES string of the molecule is COC(=O)c1sc(-c2ccccc2)cc1NC(=O)[C@H]1CC[C@H](N2CCOCC2=O)CC1. The average molecular weight is 443 g/mol. The highest BCUT2D eigenvalue weighted by Gasteiger charge is 2.33. The lowest BCUT2D eigenvalue weighted by Gasteiger charge is -2.38. The fourth-order valence-electron chi connectivity index (χ4n) is 4.27. The first-order chi connectivity index (χ1) is 15.1. The van der Waals surface area contributed by atoms with Gasteiger partial charge in [0.15, 0.2) is 0 Å². The van der Waals surface area contributed by atoms with Crippen LogP contribution in [-0.4, -0.2) is 55.6 Å². The molecule has 7 nitrogen and oxygen atoms in total. The number of amides is 2. The first kappa shape index (κ1) is 21.5. The third-order valence-electron chi connectivity index (χ3n) is 5.95. The third-order valence-corrected chi connectivity index (χ3v) is 7.11. The molecule has 164 valence electrons. The van der Waals surface area contributed by atoms with Crippen molar-refractivity contribution >= 4 is 34.8 Å². The van der Waals surface area contributed by atoms with Crippen molar-refractivity contribution < 1.29 is 23.9 Å². The Morgan fingerprint density at radius 2 is 1.90 bits per heavy atom. The highest BCUT2D eigenvalue weighted by atomic mass is 32.1. The first-order valence-electron chi connectivity index (χ1n) is 10.5. The highest BCUT2D eigenvalue weighted by molar-refractivity contribution is 7.18. The Morgan fingerprint density at radius 3 is 2.58 bits per heavy atom. The number of ether oxygens (including phenoxy) is 2. The zero-order valence-electron chi connectivity index (χ0n) is 17.5. The fraction of sp³-hybridized carbons (Fsp3) is 0.435. The van der Waals surface area contributed by atoms with Gasteiger partial charge in [0.2, 0.25) is 11.8 Å². The van der Waals surface area contributed by atoms with Gasteiger partial charge >= 0.3 is 5.97 Å². The molecule has 0 radical (unpaired) electrons. The second kappa shape index (κ2) is 9.62. The molecule has 4 rings (SSSR count). The number of nitrogens with one attached hydrogen (secondary N) is 1. The Labute approximate surface area is 185 Å². The largest absolute Gasteiger partial charge is 0.465 e. The highest BCUT2D eigenvalue weighted by Crippen LogP contribution is 2.36. The van der Waals surface area contributed by atoms with Gasteiger partial charge in [-0.05, 0) is 37.3 Å². The van der Waals surface area contributed by atoms with Crippen molar-refractivity contribution in [3.8, 4) is 10.4 Å². The minimum absolute atomic E-state index is 0.0357. The van der Waals surface area contributed by atoms with E-state index < -0.39 is 5.97 Å². The summed E-state index contributed by atoms with van der Waals surface area (Å²) in [5.41, 5.74) is 1.47. The molecule has 0 atom stereocenters. The molecule has 0 unspecified atom stereocenters. The smallest absolute Gasteiger partial charge is 0.350 e. The van der Waals surface area contributed by atoms with Gasteiger partial charge in [0.05, 0.1) is 19.4 Å². The normalized spacial score (nSPS) is 21.6. The zero-order valence-corrected chi connectivity index (χ0v) is 18.3. The van der Waals surface area contributed by atoms with Crippen LogP contribution >= 0.6 is 11.3 Å². The van der Waals surface area contributed by atoms with Crippen LogP contribution in [0.4, 0.5) is 5.69 Å². The Kier molecular flexibility index (Phi) is 6.67. The number of anilines is 1. The number of hydrogen-bond acceptors (Lipinski definition) is 6. The Bertz CT molecular complexity index is 950. The molecule has 1 aromatic carbocycles. The number of nitrogens with zero attached hydrogens (tertiary/aromatic N) is 1. The summed E-state index contributed by atoms with van der Waals surface area (Å²) in [6.07, 6.45) is 3.02. The number of carbonyl (C=O) groups is 3. The molecular weight excluding hydrogens is 416 g/mol. The van der Waals surface area contributed by atoms with Crippen LogP contribution in [0.1, 0.15) is 35.4 Å². The predicted molar refractivity (Wildman–Crippen MR) is 118 cm³/mol. The van der Waals surface area contributed by atoms with E-state index in [-0.39, 0.29) is 30.4 Å². The molecule has 2 fully saturated rings. The second-order valence-electron chi connectivity index (χ2n) is 7.85. The first-order valence-corrected chi connectivity index (χ1v) is 11.3. The van der Waals surface area contributed by atoms with Crippen LogP contribution < -0.4 is 5.32 Å². The summed E-state index contributed by atoms with van der Waals surface area (Å²) in [4.78, 5) is 40.5. The van der Waals surface area contributed by atoms with E-state index in [1.807, 2.05) is 41.3 Å². The predicted octanol–water partition coefficient (Wildman–Crippen LogP) is 3.56. The van der Waals surface area contributed by atoms with E-state index in [2.05, 4.69) is 5.32 Å². The van der Waals surface area contributed by atoms with Gasteiger partial charge in [0, 0.05) is 23.4 Å². The molecule has 2 heterocycles. The second-order valence-corrected chi connectivity index (χ2v) is 8.90. The van der Waals surface area contributed by atoms with Crippen molar-refractivity contribution in [1.82, 2.24) is 4.90 Å². The van der Waals surface area contributed by atoms with Gasteiger partial charge in [-0.25, -0.2) is 4.79 Å². The lowest BCUT2D eigenvalue weighted by molar-refractivity contribution is -0.146. The molecule has 2 aromatic rings. The Morgan fingerprint density at radius 1 is 1.16 bits per heavy atom. The van der Waals surface area contributed by atoms with Gasteiger partial charge in [-0.3, -0.25) is 9.59 Å². The number of methoxy groups -OCH3 is 1. The van der Waals surface area contributed by atoms with Crippen molar-refractivity contribution in [1.29, 1.82) is 0 Å². The van der Waals surface area contributed by atoms with Crippen molar-refractivity contribution in [2.45, 2.75) is 31.7 Å². The van der Waals surface area contributed by atoms with Crippen LogP contribution in [0.15, 0.2) is 36.4 Å². The minimum atomic E-state index is -0.461. The van der Waals surface area contributed by atoms with Crippen molar-refractivity contribution in [3.05, 3.63) is 41.3 Å². The van der Waals surface area contributed by atoms with E-state index in [1.54, 1.807) is 0 Å². The number of esters is 1. The van der Waals surface area contributed by atoms with E-state index in [9.17, 15) is 14.4 Å². The third kappa shape index (κ3) is 4.80. The quantitative estimate of drug-likeness (QED) is 0.716. The maximum Gasteiger partial charge on any atom is 0.350 e. The van der Waals surface area contributed by atoms with E-state index in [0.29, 0.717) is 36.6 Å². The lowest BCUT2D eigenvalue weighted by Crippen LogP contribution is -2.49. The molecule has 1 aromatic heterocycles. The van der Waals surface area contributed by atoms with Crippen LogP contribution in [0.2, 0.25) is 0 Å². The summed E-state index contributed by atoms with van der Waals surface area (Å²) >= 11 is 1.31. The fourth-order valence-corrected chi connectivity index (χ4v) is 5.31. The summed E-state index contributed by atoms with van der Waals surface area (Å²) in [5.74, 6) is -0.655. The molecule has 1 N–H and O–H groups in total. The zero-order chi connectivity index (χ0) is 21.8. The number of benzene rings is 1. The summed E-state index contributed by atoms with van der Waals surface area (Å²) in [7, 11) is 1.34. The monoisotopic (exact) mass is 442 g/mol. The minimum Gasteiger partial charge on any atom is -0.465 e. The van der Waals surface area contributed by atoms with E-state index >= 15 is 0 Å². The van der Waals surface area contributed by atoms with Gasteiger partial charge in [-0.1, -0.05) is 30.3 Å². The van der Waals surface area contributed by atoms with Gasteiger partial charge in [0.25, 0.3) is 0 Å². The lowest BCUT2D eigenvalue weighted by atomic mass is 9.84. The van der Waals surface area contributed by atoms with Crippen LogP contribution in [0, 0.1) is 5.92 Å². The van der Waals surface area contributed by atoms with Crippen molar-refractivity contribution in [2.75, 3.05) is 32.2 Å². The molecular formula is C23H26N2O5S. The Hall–Kier alpha value is -2.71. The number of carbonyl (C=O) groups excluding carboxylic acids is 3. The summed E-state index contributed by atoms with van der Waals surface area (Å²) in [6.45, 7) is 1.35. The van der Waals surface area contributed by atoms with Gasteiger partial charge < -0.3 is 19.7 Å². The van der Waals surface area contributed by atoms with Crippen molar-refractivity contribution in [3.63, 3.8) is 0 Å². The Balaban J connectivity index is 1.43. The van der Waals surface area contributed by atoms with Crippen LogP contribution in [-0.2, 0) is 19.1 Å². The molecule has 0 bridgehead atoms. The number of hydrogen-bond donors (Lipinski definition) is 1. The van der Waals surface area contributed by atoms with Crippen molar-refractivity contribution in [2.24, 2.45) is 5.92 Å². The average Bonchev–Trinajstić information content (AvgIpc) is 3.23. The van der Waals surface area contributed by atoms with Gasteiger partial charge in [-0.2, -0.15) is 0 Å². The molecule has 1 aliphatic carbocycles. The topological polar surface area (TPSA) is 84.9 Å². The van der Waals surface area contributed by atoms with E-state index in [1.165, 1.54) is 18.4 Å². The summed E-state index contributed by atoms with van der Waals surface area (Å²) < 4.78 is 10.1. The van der Waals surface area contributed by atoms with E-state index in [4.69, 9.17) is 9.47 Å². The molecule has 1 saturated carbocycles. The molecule has 31 heavy (non-hydrogen) atoms. The molecule has 2 aliphatic rings. The molecule has 8 heteroatoms. The molecule has 0 spiro atoms. The van der Waals surface area contributed by atoms with E-state index in [0.717, 1.165) is 23.3 Å². The van der Waals surface area contributed by atoms with Crippen LogP contribution in [0.5, 0.6) is 0 Å². The molecule has 2 amide bonds. The molecule has 1 aliphatic heterocycles. The number of thiophene rings is 1. The number of rotatable bonds is 5. The molecule has 1 saturated heterocycles. The van der Waals surface area contributed by atoms with Gasteiger partial charge in [-0.15, -0.1) is 11.3 Å². The maximum atomic E-state index is 13.0. The summed E-state index contributed by atoms with van der Waals surface area (Å²) in [6, 6.07) is 11.7. The number of morpholine rings is 1. The van der Waals surface area contributed by atoms with Crippen LogP contribution in [0.25, 0.3) is 10.4 Å². The van der Waals surface area contributed by atoms with Gasteiger partial charge in [0.1, 0.15) is 11.5 Å². The standard InChI is InChI=1S/C23H26N2O5S/c1-29-23(28)21-18(13-19(31-21)15-5-3-2-4-6-15)24-22(27)16-7-9-17(10-8-16)25-11-12-30-14-20(25)26/h2-6,13,16-17H,7-12,14H2,1H3,(H,24,27)/t16-,17-. The summed E-state index contributed by atoms with van der Waals surface area (Å²) in [5, 5.41) is 2.96. The van der Waals surface area contributed by atoms with Crippen LogP contribution in [0.3, 0.4) is 0 Å². The maximum absolute atomic E-state index is 13.0.